The van der Waals surface area contributed by atoms with Crippen molar-refractivity contribution in [2.24, 2.45) is 5.84 Å². The molecule has 7 nitrogen and oxygen atoms in total. The summed E-state index contributed by atoms with van der Waals surface area (Å²) in [5, 5.41) is 0. The Morgan fingerprint density at radius 2 is 2.11 bits per heavy atom. The number of unbranched alkanes of at least 4 members (excludes halogenated alkanes) is 1. The van der Waals surface area contributed by atoms with E-state index in [1.807, 2.05) is 0 Å². The van der Waals surface area contributed by atoms with Crippen molar-refractivity contribution < 1.29 is 14.2 Å². The average molecular weight is 270 g/mol. The van der Waals surface area contributed by atoms with Crippen LogP contribution in [-0.2, 0) is 16.1 Å². The maximum absolute atomic E-state index is 5.49. The molecule has 0 aromatic carbocycles. The molecule has 1 aromatic rings. The topological polar surface area (TPSA) is 91.5 Å². The summed E-state index contributed by atoms with van der Waals surface area (Å²) < 4.78 is 15.9. The Hall–Kier alpha value is -1.44. The van der Waals surface area contributed by atoms with E-state index in [1.54, 1.807) is 13.2 Å². The summed E-state index contributed by atoms with van der Waals surface area (Å²) in [6, 6.07) is 1.63. The molecule has 1 heterocycles. The van der Waals surface area contributed by atoms with Gasteiger partial charge in [-0.1, -0.05) is 13.3 Å². The zero-order valence-electron chi connectivity index (χ0n) is 11.5. The number of nitrogens with zero attached hydrogens (tertiary/aromatic N) is 2. The van der Waals surface area contributed by atoms with Gasteiger partial charge in [0.25, 0.3) is 0 Å². The Bertz CT molecular complexity index is 363. The SMILES string of the molecule is CCCCOCCOc1cc(NN)nc(COC)n1. The normalized spacial score (nSPS) is 10.5. The van der Waals surface area contributed by atoms with Crippen molar-refractivity contribution in [2.45, 2.75) is 26.4 Å². The summed E-state index contributed by atoms with van der Waals surface area (Å²) in [7, 11) is 1.58. The first-order valence-electron chi connectivity index (χ1n) is 6.34. The summed E-state index contributed by atoms with van der Waals surface area (Å²) in [5.74, 6) is 6.79. The molecule has 0 aliphatic rings. The summed E-state index contributed by atoms with van der Waals surface area (Å²) in [6.45, 7) is 4.17. The number of anilines is 1. The molecule has 0 saturated carbocycles. The average Bonchev–Trinajstić information content (AvgIpc) is 2.43. The van der Waals surface area contributed by atoms with Gasteiger partial charge in [0.2, 0.25) is 5.88 Å². The molecule has 1 aromatic heterocycles. The molecule has 19 heavy (non-hydrogen) atoms. The second-order valence-electron chi connectivity index (χ2n) is 3.90. The molecule has 0 radical (unpaired) electrons. The first kappa shape index (κ1) is 15.6. The van der Waals surface area contributed by atoms with Gasteiger partial charge < -0.3 is 19.6 Å². The predicted molar refractivity (Wildman–Crippen MR) is 71.8 cm³/mol. The fourth-order valence-corrected chi connectivity index (χ4v) is 1.37. The molecule has 0 bridgehead atoms. The molecule has 0 spiro atoms. The van der Waals surface area contributed by atoms with Crippen LogP contribution >= 0.6 is 0 Å². The number of nitrogen functional groups attached to an aromatic ring is 1. The number of nitrogens with two attached hydrogens (primary N) is 1. The van der Waals surface area contributed by atoms with Crippen LogP contribution in [0, 0.1) is 0 Å². The summed E-state index contributed by atoms with van der Waals surface area (Å²) >= 11 is 0. The molecule has 0 unspecified atom stereocenters. The minimum atomic E-state index is 0.304. The lowest BCUT2D eigenvalue weighted by Gasteiger charge is -2.09. The zero-order valence-corrected chi connectivity index (χ0v) is 11.5. The van der Waals surface area contributed by atoms with E-state index in [1.165, 1.54) is 0 Å². The van der Waals surface area contributed by atoms with Crippen LogP contribution in [-0.4, -0.2) is 36.9 Å². The Morgan fingerprint density at radius 1 is 1.26 bits per heavy atom. The molecule has 7 heteroatoms. The lowest BCUT2D eigenvalue weighted by atomic mass is 10.4. The van der Waals surface area contributed by atoms with Crippen molar-refractivity contribution in [3.63, 3.8) is 0 Å². The lowest BCUT2D eigenvalue weighted by Crippen LogP contribution is -2.13. The fourth-order valence-electron chi connectivity index (χ4n) is 1.37. The second-order valence-corrected chi connectivity index (χ2v) is 3.90. The highest BCUT2D eigenvalue weighted by molar-refractivity contribution is 5.36. The van der Waals surface area contributed by atoms with Gasteiger partial charge in [-0.25, -0.2) is 10.8 Å². The lowest BCUT2D eigenvalue weighted by molar-refractivity contribution is 0.0960. The number of aromatic nitrogens is 2. The van der Waals surface area contributed by atoms with Gasteiger partial charge in [0.05, 0.1) is 6.61 Å². The van der Waals surface area contributed by atoms with Gasteiger partial charge in [0.1, 0.15) is 19.0 Å². The molecule has 1 rings (SSSR count). The number of hydrazine groups is 1. The quantitative estimate of drug-likeness (QED) is 0.374. The van der Waals surface area contributed by atoms with Crippen LogP contribution < -0.4 is 16.0 Å². The van der Waals surface area contributed by atoms with Gasteiger partial charge in [-0.2, -0.15) is 4.98 Å². The molecule has 0 amide bonds. The number of hydrogen-bond acceptors (Lipinski definition) is 7. The van der Waals surface area contributed by atoms with Crippen LogP contribution in [0.25, 0.3) is 0 Å². The van der Waals surface area contributed by atoms with Gasteiger partial charge in [-0.05, 0) is 6.42 Å². The summed E-state index contributed by atoms with van der Waals surface area (Å²) in [6.07, 6.45) is 2.19. The Labute approximate surface area is 113 Å². The highest BCUT2D eigenvalue weighted by Crippen LogP contribution is 2.13. The first-order valence-corrected chi connectivity index (χ1v) is 6.34. The van der Waals surface area contributed by atoms with Crippen molar-refractivity contribution in [2.75, 3.05) is 32.4 Å². The molecule has 108 valence electrons. The van der Waals surface area contributed by atoms with Gasteiger partial charge in [0.15, 0.2) is 5.82 Å². The van der Waals surface area contributed by atoms with Gasteiger partial charge in [-0.15, -0.1) is 0 Å². The predicted octanol–water partition coefficient (Wildman–Crippen LogP) is 1.10. The Kier molecular flexibility index (Phi) is 7.80. The third-order valence-electron chi connectivity index (χ3n) is 2.29. The minimum Gasteiger partial charge on any atom is -0.475 e. The van der Waals surface area contributed by atoms with Crippen molar-refractivity contribution in [1.82, 2.24) is 9.97 Å². The van der Waals surface area contributed by atoms with E-state index in [0.717, 1.165) is 19.4 Å². The molecule has 0 atom stereocenters. The molecule has 3 N–H and O–H groups in total. The van der Waals surface area contributed by atoms with Crippen molar-refractivity contribution in [1.29, 1.82) is 0 Å². The maximum Gasteiger partial charge on any atom is 0.218 e. The van der Waals surface area contributed by atoms with Gasteiger partial charge in [0, 0.05) is 19.8 Å². The Balaban J connectivity index is 2.41. The van der Waals surface area contributed by atoms with Crippen LogP contribution in [0.5, 0.6) is 5.88 Å². The molecular formula is C12H22N4O3. The number of methoxy groups -OCH3 is 1. The third kappa shape index (κ3) is 6.32. The smallest absolute Gasteiger partial charge is 0.218 e. The van der Waals surface area contributed by atoms with E-state index in [0.29, 0.717) is 37.3 Å². The van der Waals surface area contributed by atoms with Gasteiger partial charge in [-0.3, -0.25) is 0 Å². The van der Waals surface area contributed by atoms with Crippen molar-refractivity contribution >= 4 is 5.82 Å². The first-order chi connectivity index (χ1) is 9.30. The molecule has 0 aliphatic carbocycles. The van der Waals surface area contributed by atoms with E-state index < -0.39 is 0 Å². The monoisotopic (exact) mass is 270 g/mol. The van der Waals surface area contributed by atoms with Crippen LogP contribution in [0.15, 0.2) is 6.07 Å². The highest BCUT2D eigenvalue weighted by atomic mass is 16.5. The van der Waals surface area contributed by atoms with Crippen LogP contribution in [0.4, 0.5) is 5.82 Å². The number of rotatable bonds is 10. The zero-order chi connectivity index (χ0) is 13.9. The number of nitrogens with one attached hydrogen (secondary N) is 1. The number of ether oxygens (including phenoxy) is 3. The highest BCUT2D eigenvalue weighted by Gasteiger charge is 2.04. The summed E-state index contributed by atoms with van der Waals surface area (Å²) in [4.78, 5) is 8.32. The van der Waals surface area contributed by atoms with Crippen LogP contribution in [0.1, 0.15) is 25.6 Å². The van der Waals surface area contributed by atoms with E-state index in [-0.39, 0.29) is 0 Å². The van der Waals surface area contributed by atoms with E-state index >= 15 is 0 Å². The third-order valence-corrected chi connectivity index (χ3v) is 2.29. The molecule has 0 saturated heterocycles. The largest absolute Gasteiger partial charge is 0.475 e. The minimum absolute atomic E-state index is 0.304. The van der Waals surface area contributed by atoms with Crippen molar-refractivity contribution in [3.8, 4) is 5.88 Å². The standard InChI is InChI=1S/C12H22N4O3/c1-3-4-5-18-6-7-19-12-8-10(16-13)14-11(15-12)9-17-2/h8H,3-7,9,13H2,1-2H3,(H,14,15,16). The maximum atomic E-state index is 5.49. The van der Waals surface area contributed by atoms with E-state index in [2.05, 4.69) is 22.3 Å². The molecule has 0 fully saturated rings. The van der Waals surface area contributed by atoms with Crippen molar-refractivity contribution in [3.05, 3.63) is 11.9 Å². The molecular weight excluding hydrogens is 248 g/mol. The number of hydrogen-bond donors (Lipinski definition) is 2. The van der Waals surface area contributed by atoms with Gasteiger partial charge >= 0.3 is 0 Å². The van der Waals surface area contributed by atoms with Crippen LogP contribution in [0.2, 0.25) is 0 Å². The second kappa shape index (κ2) is 9.48. The van der Waals surface area contributed by atoms with E-state index in [4.69, 9.17) is 20.1 Å². The fraction of sp³-hybridized carbons (Fsp3) is 0.667. The molecule has 0 aliphatic heterocycles. The summed E-state index contributed by atoms with van der Waals surface area (Å²) in [5.41, 5.74) is 2.47. The van der Waals surface area contributed by atoms with Crippen LogP contribution in [0.3, 0.4) is 0 Å². The van der Waals surface area contributed by atoms with E-state index in [9.17, 15) is 0 Å². The Morgan fingerprint density at radius 3 is 2.79 bits per heavy atom.